The molecule has 1 heteroatoms. The van der Waals surface area contributed by atoms with Gasteiger partial charge in [-0.25, -0.2) is 0 Å². The highest BCUT2D eigenvalue weighted by Gasteiger charge is 1.91. The van der Waals surface area contributed by atoms with Crippen LogP contribution in [0.4, 0.5) is 0 Å². The van der Waals surface area contributed by atoms with E-state index in [1.54, 1.807) is 12.1 Å². The van der Waals surface area contributed by atoms with E-state index in [9.17, 15) is 5.11 Å². The Bertz CT molecular complexity index is 431. The van der Waals surface area contributed by atoms with E-state index < -0.39 is 0 Å². The predicted octanol–water partition coefficient (Wildman–Crippen LogP) is 6.88. The van der Waals surface area contributed by atoms with E-state index >= 15 is 0 Å². The van der Waals surface area contributed by atoms with Gasteiger partial charge in [0.25, 0.3) is 0 Å². The molecule has 0 heterocycles. The first kappa shape index (κ1) is 18.5. The topological polar surface area (TPSA) is 20.2 Å². The number of hydrogen-bond acceptors (Lipinski definition) is 1. The van der Waals surface area contributed by atoms with Crippen LogP contribution in [0.15, 0.2) is 42.5 Å². The maximum Gasteiger partial charge on any atom is 0.116 e. The summed E-state index contributed by atoms with van der Waals surface area (Å²) in [6.07, 6.45) is 21.9. The highest BCUT2D eigenvalue weighted by molar-refractivity contribution is 5.51. The molecule has 0 saturated carbocycles. The fourth-order valence-corrected chi connectivity index (χ4v) is 2.46. The Kier molecular flexibility index (Phi) is 11.1. The number of benzene rings is 1. The van der Waals surface area contributed by atoms with Crippen LogP contribution in [-0.2, 0) is 0 Å². The lowest BCUT2D eigenvalue weighted by Gasteiger charge is -1.99. The van der Waals surface area contributed by atoms with Crippen molar-refractivity contribution in [2.24, 2.45) is 0 Å². The zero-order chi connectivity index (χ0) is 15.9. The van der Waals surface area contributed by atoms with Gasteiger partial charge in [-0.3, -0.25) is 0 Å². The summed E-state index contributed by atoms with van der Waals surface area (Å²) < 4.78 is 0. The fraction of sp³-hybridized carbons (Fsp3) is 0.524. The second-order valence-electron chi connectivity index (χ2n) is 5.96. The van der Waals surface area contributed by atoms with E-state index in [4.69, 9.17) is 0 Å². The van der Waals surface area contributed by atoms with Crippen LogP contribution in [0.1, 0.15) is 76.7 Å². The Morgan fingerprint density at radius 1 is 0.818 bits per heavy atom. The van der Waals surface area contributed by atoms with E-state index in [0.717, 1.165) is 12.0 Å². The first-order chi connectivity index (χ1) is 10.8. The summed E-state index contributed by atoms with van der Waals surface area (Å²) in [7, 11) is 0. The maximum absolute atomic E-state index is 9.38. The molecule has 1 nitrogen and oxygen atoms in total. The monoisotopic (exact) mass is 300 g/mol. The smallest absolute Gasteiger partial charge is 0.116 e. The molecule has 0 unspecified atom stereocenters. The molecule has 1 N–H and O–H groups in total. The van der Waals surface area contributed by atoms with E-state index in [0.29, 0.717) is 5.75 Å². The van der Waals surface area contributed by atoms with Gasteiger partial charge in [-0.1, -0.05) is 75.5 Å². The minimum atomic E-state index is 0.339. The lowest BCUT2D eigenvalue weighted by atomic mass is 10.1. The van der Waals surface area contributed by atoms with E-state index in [1.807, 2.05) is 12.1 Å². The van der Waals surface area contributed by atoms with Gasteiger partial charge in [0.1, 0.15) is 5.75 Å². The van der Waals surface area contributed by atoms with Crippen LogP contribution in [0.25, 0.3) is 6.08 Å². The molecule has 1 rings (SSSR count). The van der Waals surface area contributed by atoms with Crippen LogP contribution in [-0.4, -0.2) is 5.11 Å². The van der Waals surface area contributed by atoms with Crippen molar-refractivity contribution in [1.29, 1.82) is 0 Å². The summed E-state index contributed by atoms with van der Waals surface area (Å²) in [5.74, 6) is 0.339. The van der Waals surface area contributed by atoms with Crippen LogP contribution >= 0.6 is 0 Å². The molecule has 22 heavy (non-hydrogen) atoms. The third-order valence-corrected chi connectivity index (χ3v) is 3.81. The van der Waals surface area contributed by atoms with Crippen LogP contribution in [0.2, 0.25) is 0 Å². The molecule has 0 saturated heterocycles. The van der Waals surface area contributed by atoms with Gasteiger partial charge in [0.15, 0.2) is 0 Å². The Labute approximate surface area is 136 Å². The molecule has 0 fully saturated rings. The SMILES string of the molecule is CCCC/C=C/CCCCCCC/C=C/c1cccc(O)c1. The summed E-state index contributed by atoms with van der Waals surface area (Å²) in [6, 6.07) is 7.40. The van der Waals surface area contributed by atoms with E-state index in [2.05, 4.69) is 31.2 Å². The lowest BCUT2D eigenvalue weighted by molar-refractivity contribution is 0.475. The zero-order valence-corrected chi connectivity index (χ0v) is 14.1. The number of phenolic OH excluding ortho intramolecular Hbond substituents is 1. The summed E-state index contributed by atoms with van der Waals surface area (Å²) >= 11 is 0. The molecule has 0 atom stereocenters. The Morgan fingerprint density at radius 3 is 2.14 bits per heavy atom. The zero-order valence-electron chi connectivity index (χ0n) is 14.1. The van der Waals surface area contributed by atoms with Crippen molar-refractivity contribution in [1.82, 2.24) is 0 Å². The van der Waals surface area contributed by atoms with Crippen molar-refractivity contribution >= 4 is 6.08 Å². The van der Waals surface area contributed by atoms with Gasteiger partial charge in [0.2, 0.25) is 0 Å². The van der Waals surface area contributed by atoms with Gasteiger partial charge in [-0.2, -0.15) is 0 Å². The molecule has 0 aliphatic carbocycles. The summed E-state index contributed by atoms with van der Waals surface area (Å²) in [5.41, 5.74) is 1.08. The number of phenols is 1. The third-order valence-electron chi connectivity index (χ3n) is 3.81. The molecular formula is C21H32O. The molecule has 0 aliphatic rings. The van der Waals surface area contributed by atoms with Crippen LogP contribution in [0.5, 0.6) is 5.75 Å². The molecule has 0 aromatic heterocycles. The number of aromatic hydroxyl groups is 1. The first-order valence-corrected chi connectivity index (χ1v) is 8.93. The average Bonchev–Trinajstić information content (AvgIpc) is 2.52. The molecule has 0 spiro atoms. The van der Waals surface area contributed by atoms with Crippen molar-refractivity contribution in [3.63, 3.8) is 0 Å². The molecule has 1 aromatic carbocycles. The van der Waals surface area contributed by atoms with Crippen molar-refractivity contribution < 1.29 is 5.11 Å². The third kappa shape index (κ3) is 10.3. The lowest BCUT2D eigenvalue weighted by Crippen LogP contribution is -1.78. The van der Waals surface area contributed by atoms with E-state index in [-0.39, 0.29) is 0 Å². The van der Waals surface area contributed by atoms with Crippen molar-refractivity contribution in [2.75, 3.05) is 0 Å². The quantitative estimate of drug-likeness (QED) is 0.329. The van der Waals surface area contributed by atoms with E-state index in [1.165, 1.54) is 57.8 Å². The Balaban J connectivity index is 1.92. The Hall–Kier alpha value is -1.50. The largest absolute Gasteiger partial charge is 0.508 e. The minimum Gasteiger partial charge on any atom is -0.508 e. The highest BCUT2D eigenvalue weighted by Crippen LogP contribution is 2.13. The molecule has 0 aliphatic heterocycles. The van der Waals surface area contributed by atoms with Crippen molar-refractivity contribution in [3.8, 4) is 5.75 Å². The highest BCUT2D eigenvalue weighted by atomic mass is 16.3. The van der Waals surface area contributed by atoms with Crippen molar-refractivity contribution in [3.05, 3.63) is 48.1 Å². The molecule has 122 valence electrons. The molecule has 0 radical (unpaired) electrons. The maximum atomic E-state index is 9.38. The van der Waals surface area contributed by atoms with Gasteiger partial charge in [0, 0.05) is 0 Å². The first-order valence-electron chi connectivity index (χ1n) is 8.93. The second-order valence-corrected chi connectivity index (χ2v) is 5.96. The number of rotatable bonds is 12. The number of unbranched alkanes of at least 4 members (excludes halogenated alkanes) is 8. The normalized spacial score (nSPS) is 11.7. The van der Waals surface area contributed by atoms with Gasteiger partial charge < -0.3 is 5.11 Å². The summed E-state index contributed by atoms with van der Waals surface area (Å²) in [6.45, 7) is 2.24. The van der Waals surface area contributed by atoms with Crippen molar-refractivity contribution in [2.45, 2.75) is 71.1 Å². The average molecular weight is 300 g/mol. The summed E-state index contributed by atoms with van der Waals surface area (Å²) in [5, 5.41) is 9.38. The minimum absolute atomic E-state index is 0.339. The number of allylic oxidation sites excluding steroid dienone is 3. The number of hydrogen-bond donors (Lipinski definition) is 1. The summed E-state index contributed by atoms with van der Waals surface area (Å²) in [4.78, 5) is 0. The van der Waals surface area contributed by atoms with Crippen LogP contribution in [0.3, 0.4) is 0 Å². The molecule has 0 bridgehead atoms. The standard InChI is InChI=1S/C21H32O/c1-2-3-4-5-6-7-8-9-10-11-12-13-14-16-20-17-15-18-21(22)19-20/h5-6,14-19,22H,2-4,7-13H2,1H3/b6-5+,16-14+. The fourth-order valence-electron chi connectivity index (χ4n) is 2.46. The Morgan fingerprint density at radius 2 is 1.45 bits per heavy atom. The van der Waals surface area contributed by atoms with Gasteiger partial charge in [-0.05, 0) is 49.8 Å². The predicted molar refractivity (Wildman–Crippen MR) is 98.1 cm³/mol. The van der Waals surface area contributed by atoms with Gasteiger partial charge >= 0.3 is 0 Å². The molecular weight excluding hydrogens is 268 g/mol. The van der Waals surface area contributed by atoms with Gasteiger partial charge in [0.05, 0.1) is 0 Å². The van der Waals surface area contributed by atoms with Gasteiger partial charge in [-0.15, -0.1) is 0 Å². The molecule has 0 amide bonds. The molecule has 1 aromatic rings. The van der Waals surface area contributed by atoms with Crippen LogP contribution in [0, 0.1) is 0 Å². The van der Waals surface area contributed by atoms with Crippen LogP contribution < -0.4 is 0 Å². The second kappa shape index (κ2) is 13.2.